The number of amides is 1. The van der Waals surface area contributed by atoms with Crippen LogP contribution in [0.4, 0.5) is 0 Å². The quantitative estimate of drug-likeness (QED) is 0.660. The fraction of sp³-hybridized carbons (Fsp3) is 0.381. The van der Waals surface area contributed by atoms with Crippen LogP contribution in [0.5, 0.6) is 17.2 Å². The Morgan fingerprint density at radius 1 is 1.04 bits per heavy atom. The topological polar surface area (TPSA) is 56.8 Å². The van der Waals surface area contributed by atoms with Gasteiger partial charge in [0, 0.05) is 6.07 Å². The lowest BCUT2D eigenvalue weighted by molar-refractivity contribution is -0.128. The number of carbonyl (C=O) groups excluding carboxylic acids is 1. The third kappa shape index (κ3) is 5.99. The van der Waals surface area contributed by atoms with E-state index in [0.717, 1.165) is 12.2 Å². The summed E-state index contributed by atoms with van der Waals surface area (Å²) in [6.07, 6.45) is 1.02. The van der Waals surface area contributed by atoms with Gasteiger partial charge in [0.2, 0.25) is 0 Å². The summed E-state index contributed by atoms with van der Waals surface area (Å²) in [5.41, 5.74) is 1.27. The third-order valence-electron chi connectivity index (χ3n) is 3.98. The van der Waals surface area contributed by atoms with Crippen LogP contribution in [-0.2, 0) is 11.2 Å². The van der Waals surface area contributed by atoms with Crippen LogP contribution >= 0.6 is 0 Å². The Morgan fingerprint density at radius 3 is 2.42 bits per heavy atom. The van der Waals surface area contributed by atoms with Crippen molar-refractivity contribution < 1.29 is 19.0 Å². The summed E-state index contributed by atoms with van der Waals surface area (Å²) < 4.78 is 16.6. The average Bonchev–Trinajstić information content (AvgIpc) is 2.69. The molecule has 0 spiro atoms. The maximum atomic E-state index is 12.3. The zero-order chi connectivity index (χ0) is 18.8. The van der Waals surface area contributed by atoms with E-state index in [4.69, 9.17) is 14.2 Å². The number of nitrogens with one attached hydrogen (secondary N) is 1. The lowest BCUT2D eigenvalue weighted by atomic mass is 10.2. The molecule has 1 N–H and O–H groups in total. The summed E-state index contributed by atoms with van der Waals surface area (Å²) in [6, 6.07) is 15.2. The first kappa shape index (κ1) is 19.6. The second-order valence-electron chi connectivity index (χ2n) is 5.83. The standard InChI is InChI=1S/C21H27NO4/c1-4-16-9-11-17(12-10-16)25-14-13-22-21(23)20(5-2)26-19-8-6-7-18(15-19)24-3/h6-12,15,20H,4-5,13-14H2,1-3H3,(H,22,23)/t20-/m0/s1. The van der Waals surface area contributed by atoms with Crippen LogP contribution in [0.2, 0.25) is 0 Å². The van der Waals surface area contributed by atoms with Crippen molar-refractivity contribution in [2.45, 2.75) is 32.8 Å². The van der Waals surface area contributed by atoms with Crippen molar-refractivity contribution in [3.63, 3.8) is 0 Å². The van der Waals surface area contributed by atoms with Gasteiger partial charge in [0.05, 0.1) is 13.7 Å². The normalized spacial score (nSPS) is 11.5. The molecule has 0 aliphatic heterocycles. The fourth-order valence-electron chi connectivity index (χ4n) is 2.44. The van der Waals surface area contributed by atoms with E-state index in [2.05, 4.69) is 12.2 Å². The van der Waals surface area contributed by atoms with Crippen molar-refractivity contribution in [2.24, 2.45) is 0 Å². The Balaban J connectivity index is 1.77. The van der Waals surface area contributed by atoms with E-state index in [1.54, 1.807) is 13.2 Å². The van der Waals surface area contributed by atoms with E-state index in [-0.39, 0.29) is 5.91 Å². The zero-order valence-electron chi connectivity index (χ0n) is 15.7. The maximum absolute atomic E-state index is 12.3. The number of carbonyl (C=O) groups is 1. The van der Waals surface area contributed by atoms with Crippen LogP contribution in [-0.4, -0.2) is 32.3 Å². The van der Waals surface area contributed by atoms with Gasteiger partial charge >= 0.3 is 0 Å². The Morgan fingerprint density at radius 2 is 1.77 bits per heavy atom. The number of ether oxygens (including phenoxy) is 3. The molecule has 0 heterocycles. The zero-order valence-corrected chi connectivity index (χ0v) is 15.7. The maximum Gasteiger partial charge on any atom is 0.261 e. The van der Waals surface area contributed by atoms with E-state index < -0.39 is 6.10 Å². The summed E-state index contributed by atoms with van der Waals surface area (Å²) in [5, 5.41) is 2.86. The molecule has 26 heavy (non-hydrogen) atoms. The minimum atomic E-state index is -0.550. The van der Waals surface area contributed by atoms with E-state index in [1.165, 1.54) is 5.56 Å². The van der Waals surface area contributed by atoms with Gasteiger partial charge in [0.25, 0.3) is 5.91 Å². The highest BCUT2D eigenvalue weighted by Crippen LogP contribution is 2.20. The van der Waals surface area contributed by atoms with Crippen molar-refractivity contribution in [2.75, 3.05) is 20.3 Å². The van der Waals surface area contributed by atoms with Crippen LogP contribution in [0, 0.1) is 0 Å². The third-order valence-corrected chi connectivity index (χ3v) is 3.98. The predicted octanol–water partition coefficient (Wildman–Crippen LogP) is 3.61. The van der Waals surface area contributed by atoms with Gasteiger partial charge in [0.1, 0.15) is 23.9 Å². The van der Waals surface area contributed by atoms with Crippen molar-refractivity contribution >= 4 is 5.91 Å². The summed E-state index contributed by atoms with van der Waals surface area (Å²) in [5.74, 6) is 1.95. The number of hydrogen-bond donors (Lipinski definition) is 1. The molecule has 0 saturated heterocycles. The first-order valence-corrected chi connectivity index (χ1v) is 8.96. The first-order valence-electron chi connectivity index (χ1n) is 8.96. The van der Waals surface area contributed by atoms with Gasteiger partial charge < -0.3 is 19.5 Å². The second-order valence-corrected chi connectivity index (χ2v) is 5.83. The van der Waals surface area contributed by atoms with Crippen molar-refractivity contribution in [3.8, 4) is 17.2 Å². The Bertz CT molecular complexity index is 685. The van der Waals surface area contributed by atoms with E-state index in [0.29, 0.717) is 31.1 Å². The first-order chi connectivity index (χ1) is 12.7. The van der Waals surface area contributed by atoms with Gasteiger partial charge in [-0.05, 0) is 42.7 Å². The van der Waals surface area contributed by atoms with Gasteiger partial charge in [0.15, 0.2) is 6.10 Å². The minimum Gasteiger partial charge on any atom is -0.497 e. The monoisotopic (exact) mass is 357 g/mol. The molecular weight excluding hydrogens is 330 g/mol. The summed E-state index contributed by atoms with van der Waals surface area (Å²) in [7, 11) is 1.60. The fourth-order valence-corrected chi connectivity index (χ4v) is 2.44. The number of benzene rings is 2. The number of aryl methyl sites for hydroxylation is 1. The molecule has 1 atom stereocenters. The Labute approximate surface area is 155 Å². The van der Waals surface area contributed by atoms with Crippen LogP contribution in [0.15, 0.2) is 48.5 Å². The van der Waals surface area contributed by atoms with Crippen LogP contribution in [0.1, 0.15) is 25.8 Å². The largest absolute Gasteiger partial charge is 0.497 e. The molecule has 140 valence electrons. The SMILES string of the molecule is CCc1ccc(OCCNC(=O)[C@H](CC)Oc2cccc(OC)c2)cc1. The molecule has 5 heteroatoms. The molecule has 0 aliphatic carbocycles. The molecular formula is C21H27NO4. The molecule has 0 fully saturated rings. The molecule has 2 rings (SSSR count). The highest BCUT2D eigenvalue weighted by Gasteiger charge is 2.18. The van der Waals surface area contributed by atoms with Gasteiger partial charge in [-0.25, -0.2) is 0 Å². The molecule has 1 amide bonds. The van der Waals surface area contributed by atoms with Gasteiger partial charge in [-0.1, -0.05) is 32.0 Å². The van der Waals surface area contributed by atoms with E-state index in [1.807, 2.05) is 49.4 Å². The lowest BCUT2D eigenvalue weighted by Crippen LogP contribution is -2.39. The van der Waals surface area contributed by atoms with Crippen molar-refractivity contribution in [1.29, 1.82) is 0 Å². The number of hydrogen-bond acceptors (Lipinski definition) is 4. The molecule has 0 unspecified atom stereocenters. The van der Waals surface area contributed by atoms with Crippen LogP contribution in [0.3, 0.4) is 0 Å². The number of methoxy groups -OCH3 is 1. The number of rotatable bonds is 10. The Kier molecular flexibility index (Phi) is 7.80. The molecule has 2 aromatic rings. The Hall–Kier alpha value is -2.69. The van der Waals surface area contributed by atoms with E-state index in [9.17, 15) is 4.79 Å². The second kappa shape index (κ2) is 10.3. The van der Waals surface area contributed by atoms with Crippen LogP contribution < -0.4 is 19.5 Å². The van der Waals surface area contributed by atoms with Crippen molar-refractivity contribution in [3.05, 3.63) is 54.1 Å². The average molecular weight is 357 g/mol. The summed E-state index contributed by atoms with van der Waals surface area (Å²) in [6.45, 7) is 4.86. The molecule has 2 aromatic carbocycles. The highest BCUT2D eigenvalue weighted by atomic mass is 16.5. The highest BCUT2D eigenvalue weighted by molar-refractivity contribution is 5.81. The summed E-state index contributed by atoms with van der Waals surface area (Å²) in [4.78, 5) is 12.3. The molecule has 0 radical (unpaired) electrons. The summed E-state index contributed by atoms with van der Waals surface area (Å²) >= 11 is 0. The molecule has 0 aliphatic rings. The van der Waals surface area contributed by atoms with Crippen LogP contribution in [0.25, 0.3) is 0 Å². The molecule has 5 nitrogen and oxygen atoms in total. The van der Waals surface area contributed by atoms with Gasteiger partial charge in [-0.3, -0.25) is 4.79 Å². The molecule has 0 aromatic heterocycles. The van der Waals surface area contributed by atoms with Gasteiger partial charge in [-0.2, -0.15) is 0 Å². The molecule has 0 bridgehead atoms. The minimum absolute atomic E-state index is 0.153. The lowest BCUT2D eigenvalue weighted by Gasteiger charge is -2.17. The predicted molar refractivity (Wildman–Crippen MR) is 102 cm³/mol. The van der Waals surface area contributed by atoms with E-state index >= 15 is 0 Å². The molecule has 0 saturated carbocycles. The van der Waals surface area contributed by atoms with Crippen molar-refractivity contribution in [1.82, 2.24) is 5.32 Å². The van der Waals surface area contributed by atoms with Gasteiger partial charge in [-0.15, -0.1) is 0 Å². The smallest absolute Gasteiger partial charge is 0.261 e.